The van der Waals surface area contributed by atoms with E-state index >= 15 is 0 Å². The van der Waals surface area contributed by atoms with E-state index in [0.29, 0.717) is 19.1 Å². The van der Waals surface area contributed by atoms with Crippen molar-refractivity contribution in [2.75, 3.05) is 0 Å². The van der Waals surface area contributed by atoms with Crippen molar-refractivity contribution >= 4 is 43.8 Å². The minimum absolute atomic E-state index is 0. The zero-order valence-corrected chi connectivity index (χ0v) is 31.8. The number of fused-ring (bicyclic) bond motifs is 8. The van der Waals surface area contributed by atoms with Crippen LogP contribution in [-0.4, -0.2) is 10.9 Å². The Bertz CT molecular complexity index is 1820. The molecule has 0 aromatic heterocycles. The second-order valence-electron chi connectivity index (χ2n) is 13.4. The van der Waals surface area contributed by atoms with Gasteiger partial charge in [-0.15, -0.1) is 0 Å². The summed E-state index contributed by atoms with van der Waals surface area (Å²) in [6.45, 7) is 14.5. The van der Waals surface area contributed by atoms with Crippen LogP contribution < -0.4 is 45.6 Å². The van der Waals surface area contributed by atoms with Crippen molar-refractivity contribution in [1.29, 1.82) is 0 Å². The summed E-state index contributed by atoms with van der Waals surface area (Å²) in [5.41, 5.74) is 11.2. The summed E-state index contributed by atoms with van der Waals surface area (Å²) >= 11 is -3.33. The molecule has 0 fully saturated rings. The van der Waals surface area contributed by atoms with Crippen molar-refractivity contribution in [2.24, 2.45) is 0 Å². The van der Waals surface area contributed by atoms with Gasteiger partial charge in [0.05, 0.1) is 0 Å². The summed E-state index contributed by atoms with van der Waals surface area (Å²) < 4.78 is 1.28. The standard InChI is InChI=1S/2C13H15.C12H8Si2.2ClH.Zr/c2*1-9(2)12-6-4-5-11-7-10(3)8-13(11)12;1-2-6-10-9(5-1)13-11-7-3-4-8-12(11)14-10;;;/h2*4-9H,1-3H3;1-8H;2*1H;/q;;;;;+2/p-2. The minimum atomic E-state index is -3.33. The Morgan fingerprint density at radius 1 is 0.512 bits per heavy atom. The van der Waals surface area contributed by atoms with E-state index in [2.05, 4.69) is 139 Å². The number of hydrogen-bond acceptors (Lipinski definition) is 0. The first-order chi connectivity index (χ1) is 19.9. The largest absolute Gasteiger partial charge is 1.00 e. The van der Waals surface area contributed by atoms with Crippen LogP contribution in [0.3, 0.4) is 0 Å². The van der Waals surface area contributed by atoms with E-state index in [1.54, 1.807) is 65.3 Å². The zero-order chi connectivity index (χ0) is 28.2. The van der Waals surface area contributed by atoms with Gasteiger partial charge in [-0.25, -0.2) is 0 Å². The third-order valence-electron chi connectivity index (χ3n) is 10.5. The zero-order valence-electron chi connectivity index (χ0n) is 25.8. The molecule has 8 rings (SSSR count). The van der Waals surface area contributed by atoms with Crippen LogP contribution in [0.4, 0.5) is 0 Å². The monoisotopic (exact) mass is 710 g/mol. The van der Waals surface area contributed by atoms with Gasteiger partial charge >= 0.3 is 251 Å². The van der Waals surface area contributed by atoms with Gasteiger partial charge in [0.2, 0.25) is 0 Å². The van der Waals surface area contributed by atoms with E-state index < -0.39 is 28.4 Å². The van der Waals surface area contributed by atoms with Crippen molar-refractivity contribution in [3.8, 4) is 0 Å². The maximum atomic E-state index is 2.64. The van der Waals surface area contributed by atoms with Crippen molar-refractivity contribution in [1.82, 2.24) is 0 Å². The Labute approximate surface area is 274 Å². The van der Waals surface area contributed by atoms with Gasteiger partial charge in [0, 0.05) is 0 Å². The Hall–Kier alpha value is -1.74. The molecule has 0 amide bonds. The fourth-order valence-electron chi connectivity index (χ4n) is 9.26. The molecular weight excluding hydrogens is 675 g/mol. The van der Waals surface area contributed by atoms with Gasteiger partial charge in [-0.3, -0.25) is 0 Å². The molecule has 2 unspecified atom stereocenters. The Morgan fingerprint density at radius 3 is 1.19 bits per heavy atom. The van der Waals surface area contributed by atoms with Gasteiger partial charge in [0.15, 0.2) is 0 Å². The maximum absolute atomic E-state index is 3.33. The van der Waals surface area contributed by atoms with Gasteiger partial charge < -0.3 is 24.8 Å². The van der Waals surface area contributed by atoms with E-state index in [1.165, 1.54) is 0 Å². The summed E-state index contributed by atoms with van der Waals surface area (Å²) in [6, 6.07) is 34.4. The maximum Gasteiger partial charge on any atom is -1.00 e. The molecule has 0 N–H and O–H groups in total. The molecule has 4 aromatic carbocycles. The molecular formula is C38H38Cl2Si2Zr. The molecule has 2 atom stereocenters. The van der Waals surface area contributed by atoms with Gasteiger partial charge in [0.25, 0.3) is 0 Å². The van der Waals surface area contributed by atoms with Gasteiger partial charge in [0.1, 0.15) is 0 Å². The van der Waals surface area contributed by atoms with E-state index in [-0.39, 0.29) is 24.8 Å². The number of benzene rings is 4. The van der Waals surface area contributed by atoms with Gasteiger partial charge in [-0.2, -0.15) is 0 Å². The van der Waals surface area contributed by atoms with Crippen molar-refractivity contribution in [3.05, 3.63) is 129 Å². The number of allylic oxidation sites excluding steroid dienone is 2. The quantitative estimate of drug-likeness (QED) is 0.244. The smallest absolute Gasteiger partial charge is 1.00 e. The Morgan fingerprint density at radius 2 is 0.860 bits per heavy atom. The predicted octanol–water partition coefficient (Wildman–Crippen LogP) is 0.950. The van der Waals surface area contributed by atoms with Crippen LogP contribution in [0.5, 0.6) is 0 Å². The van der Waals surface area contributed by atoms with Crippen molar-refractivity contribution < 1.29 is 42.3 Å². The fraction of sp³-hybridized carbons (Fsp3) is 0.263. The Balaban J connectivity index is 0.00000165. The number of hydrogen-bond donors (Lipinski definition) is 0. The predicted molar refractivity (Wildman–Crippen MR) is 177 cm³/mol. The molecule has 4 aromatic rings. The average Bonchev–Trinajstić information content (AvgIpc) is 3.65. The van der Waals surface area contributed by atoms with E-state index in [0.717, 1.165) is 0 Å². The molecule has 216 valence electrons. The minimum Gasteiger partial charge on any atom is -1.00 e. The Kier molecular flexibility index (Phi) is 8.18. The van der Waals surface area contributed by atoms with Crippen LogP contribution in [0, 0.1) is 0 Å². The SMILES string of the molecule is CC1=Cc2c(C(C)C)cccc2[CH]1[Zr+2]1([CH]2C(C)=Cc3c(C(C)C)cccc32)=[Si]2c3ccccc3[Si]=1c1ccccc12.[Cl-].[Cl-]. The van der Waals surface area contributed by atoms with Crippen LogP contribution in [-0.2, 0) is 17.5 Å². The molecule has 2 aliphatic carbocycles. The third kappa shape index (κ3) is 4.07. The topological polar surface area (TPSA) is 0 Å². The van der Waals surface area contributed by atoms with Gasteiger partial charge in [-0.05, 0) is 0 Å². The summed E-state index contributed by atoms with van der Waals surface area (Å²) in [5.74, 6) is 1.08. The van der Waals surface area contributed by atoms with Gasteiger partial charge in [-0.1, -0.05) is 0 Å². The molecule has 5 heteroatoms. The summed E-state index contributed by atoms with van der Waals surface area (Å²) in [7, 11) is 0. The molecule has 43 heavy (non-hydrogen) atoms. The van der Waals surface area contributed by atoms with E-state index in [1.807, 2.05) is 0 Å². The second-order valence-corrected chi connectivity index (χ2v) is 44.2. The molecule has 0 radical (unpaired) electrons. The molecule has 2 aliphatic heterocycles. The third-order valence-corrected chi connectivity index (χ3v) is 60.7. The first-order valence-corrected chi connectivity index (χ1v) is 28.6. The summed E-state index contributed by atoms with van der Waals surface area (Å²) in [5, 5.41) is 7.18. The fourth-order valence-corrected chi connectivity index (χ4v) is 82.1. The van der Waals surface area contributed by atoms with Crippen LogP contribution in [0.25, 0.3) is 12.2 Å². The second kappa shape index (κ2) is 11.3. The average molecular weight is 713 g/mol. The van der Waals surface area contributed by atoms with Crippen LogP contribution >= 0.6 is 0 Å². The molecule has 2 heterocycles. The number of rotatable bonds is 4. The van der Waals surface area contributed by atoms with Crippen LogP contribution in [0.15, 0.2) is 96.1 Å². The summed E-state index contributed by atoms with van der Waals surface area (Å²) in [4.78, 5) is 0. The van der Waals surface area contributed by atoms with E-state index in [4.69, 9.17) is 0 Å². The molecule has 4 aliphatic rings. The molecule has 2 bridgehead atoms. The number of halogens is 2. The summed E-state index contributed by atoms with van der Waals surface area (Å²) in [6.07, 6.45) is 5.29. The van der Waals surface area contributed by atoms with Crippen LogP contribution in [0.2, 0.25) is 0 Å². The first kappa shape index (κ1) is 31.2. The molecule has 0 saturated heterocycles. The molecule has 0 nitrogen and oxygen atoms in total. The van der Waals surface area contributed by atoms with Crippen molar-refractivity contribution in [2.45, 2.75) is 60.6 Å². The molecule has 0 spiro atoms. The van der Waals surface area contributed by atoms with E-state index in [9.17, 15) is 0 Å². The van der Waals surface area contributed by atoms with Crippen LogP contribution in [0.1, 0.15) is 94.0 Å². The first-order valence-electron chi connectivity index (χ1n) is 15.4. The molecule has 0 saturated carbocycles. The van der Waals surface area contributed by atoms with Crippen molar-refractivity contribution in [3.63, 3.8) is 0 Å². The normalized spacial score (nSPS) is 18.3.